The number of carboxylic acids is 1. The van der Waals surface area contributed by atoms with Gasteiger partial charge in [0.05, 0.1) is 29.0 Å². The summed E-state index contributed by atoms with van der Waals surface area (Å²) in [5.74, 6) is 0.301. The fourth-order valence-corrected chi connectivity index (χ4v) is 5.92. The molecule has 0 spiro atoms. The molecular weight excluding hydrogens is 482 g/mol. The molecule has 35 heavy (non-hydrogen) atoms. The van der Waals surface area contributed by atoms with Crippen LogP contribution in [-0.2, 0) is 16.1 Å². The van der Waals surface area contributed by atoms with Gasteiger partial charge in [0.2, 0.25) is 0 Å². The van der Waals surface area contributed by atoms with Gasteiger partial charge in [-0.1, -0.05) is 42.5 Å². The number of carboxylic acid groups (broad SMARTS) is 1. The van der Waals surface area contributed by atoms with E-state index in [4.69, 9.17) is 4.74 Å². The van der Waals surface area contributed by atoms with Crippen molar-refractivity contribution in [3.05, 3.63) is 41.6 Å². The van der Waals surface area contributed by atoms with Gasteiger partial charge < -0.3 is 14.7 Å². The maximum atomic E-state index is 13.3. The zero-order chi connectivity index (χ0) is 25.4. The number of hydrogen-bond donors (Lipinski definition) is 2. The van der Waals surface area contributed by atoms with Crippen LogP contribution in [0.3, 0.4) is 0 Å². The van der Waals surface area contributed by atoms with Gasteiger partial charge in [0.25, 0.3) is 0 Å². The number of nitrogens with one attached hydrogen (secondary N) is 1. The van der Waals surface area contributed by atoms with Crippen LogP contribution in [0.2, 0.25) is 0 Å². The van der Waals surface area contributed by atoms with Crippen LogP contribution in [0.25, 0.3) is 0 Å². The summed E-state index contributed by atoms with van der Waals surface area (Å²) in [4.78, 5) is 30.9. The fraction of sp³-hybridized carbons (Fsp3) is 0.577. The van der Waals surface area contributed by atoms with Crippen molar-refractivity contribution >= 4 is 40.2 Å². The number of amides is 2. The molecule has 0 aliphatic heterocycles. The Morgan fingerprint density at radius 2 is 1.97 bits per heavy atom. The van der Waals surface area contributed by atoms with Gasteiger partial charge in [0.15, 0.2) is 5.13 Å². The molecule has 0 atom stereocenters. The van der Waals surface area contributed by atoms with Crippen LogP contribution in [0.1, 0.15) is 57.6 Å². The van der Waals surface area contributed by atoms with Crippen molar-refractivity contribution in [3.63, 3.8) is 0 Å². The van der Waals surface area contributed by atoms with Crippen molar-refractivity contribution in [2.45, 2.75) is 70.2 Å². The minimum absolute atomic E-state index is 0.152. The van der Waals surface area contributed by atoms with Gasteiger partial charge in [-0.15, -0.1) is 11.8 Å². The smallest absolute Gasteiger partial charge is 0.323 e. The van der Waals surface area contributed by atoms with Crippen molar-refractivity contribution in [3.8, 4) is 0 Å². The minimum atomic E-state index is -0.829. The lowest BCUT2D eigenvalue weighted by Crippen LogP contribution is -2.46. The van der Waals surface area contributed by atoms with Crippen LogP contribution >= 0.6 is 23.1 Å². The Kier molecular flexibility index (Phi) is 10.0. The molecule has 0 saturated heterocycles. The molecule has 1 saturated carbocycles. The minimum Gasteiger partial charge on any atom is -0.481 e. The number of thioether (sulfide) groups is 1. The summed E-state index contributed by atoms with van der Waals surface area (Å²) in [5.41, 5.74) is 1.53. The number of thiazole rings is 1. The predicted molar refractivity (Wildman–Crippen MR) is 142 cm³/mol. The number of aliphatic carboxylic acids is 1. The lowest BCUT2D eigenvalue weighted by Gasteiger charge is -2.36. The summed E-state index contributed by atoms with van der Waals surface area (Å²) in [6, 6.07) is 8.21. The predicted octanol–water partition coefficient (Wildman–Crippen LogP) is 6.28. The van der Waals surface area contributed by atoms with E-state index in [9.17, 15) is 14.7 Å². The van der Waals surface area contributed by atoms with Gasteiger partial charge >= 0.3 is 12.0 Å². The van der Waals surface area contributed by atoms with Crippen LogP contribution in [-0.4, -0.2) is 51.9 Å². The first-order valence-electron chi connectivity index (χ1n) is 12.2. The molecule has 9 heteroatoms. The second-order valence-electron chi connectivity index (χ2n) is 9.98. The van der Waals surface area contributed by atoms with Gasteiger partial charge in [-0.2, -0.15) is 0 Å². The third-order valence-corrected chi connectivity index (χ3v) is 9.10. The number of aromatic nitrogens is 1. The van der Waals surface area contributed by atoms with Gasteiger partial charge in [-0.3, -0.25) is 10.1 Å². The average Bonchev–Trinajstić information content (AvgIpc) is 3.27. The first-order valence-corrected chi connectivity index (χ1v) is 14.0. The van der Waals surface area contributed by atoms with E-state index in [1.54, 1.807) is 20.0 Å². The number of anilines is 1. The van der Waals surface area contributed by atoms with Crippen LogP contribution in [0.15, 0.2) is 34.7 Å². The third-order valence-electron chi connectivity index (χ3n) is 6.53. The average molecular weight is 520 g/mol. The van der Waals surface area contributed by atoms with E-state index >= 15 is 0 Å². The number of nitrogens with zero attached hydrogens (tertiary/aromatic N) is 2. The Hall–Kier alpha value is -2.10. The molecule has 2 aromatic rings. The number of benzene rings is 1. The number of hydrogen-bond acceptors (Lipinski definition) is 6. The highest BCUT2D eigenvalue weighted by atomic mass is 32.2. The lowest BCUT2D eigenvalue weighted by atomic mass is 9.86. The molecule has 2 N–H and O–H groups in total. The fourth-order valence-electron chi connectivity index (χ4n) is 3.98. The third kappa shape index (κ3) is 8.22. The summed E-state index contributed by atoms with van der Waals surface area (Å²) in [7, 11) is 0. The molecular formula is C26H37N3O4S2. The van der Waals surface area contributed by atoms with Crippen LogP contribution < -0.4 is 5.32 Å². The molecule has 3 rings (SSSR count). The van der Waals surface area contributed by atoms with E-state index in [0.29, 0.717) is 36.6 Å². The number of carbonyl (C=O) groups is 2. The lowest BCUT2D eigenvalue weighted by molar-refractivity contribution is -0.145. The normalized spacial score (nSPS) is 18.3. The van der Waals surface area contributed by atoms with E-state index in [1.165, 1.54) is 28.7 Å². The molecule has 0 radical (unpaired) electrons. The second kappa shape index (κ2) is 12.7. The van der Waals surface area contributed by atoms with E-state index in [2.05, 4.69) is 36.3 Å². The number of carbonyl (C=O) groups excluding carboxylic acids is 1. The van der Waals surface area contributed by atoms with Crippen LogP contribution in [0.4, 0.5) is 9.93 Å². The summed E-state index contributed by atoms with van der Waals surface area (Å²) >= 11 is 2.82. The zero-order valence-corrected chi connectivity index (χ0v) is 22.7. The van der Waals surface area contributed by atoms with Crippen molar-refractivity contribution in [1.29, 1.82) is 0 Å². The maximum Gasteiger partial charge on any atom is 0.323 e. The quantitative estimate of drug-likeness (QED) is 0.268. The molecule has 1 aromatic heterocycles. The number of aryl methyl sites for hydroxylation is 1. The highest BCUT2D eigenvalue weighted by Gasteiger charge is 2.29. The molecule has 192 valence electrons. The first kappa shape index (κ1) is 27.5. The molecule has 1 aromatic carbocycles. The van der Waals surface area contributed by atoms with Gasteiger partial charge in [0.1, 0.15) is 0 Å². The highest BCUT2D eigenvalue weighted by molar-refractivity contribution is 8.01. The van der Waals surface area contributed by atoms with Crippen molar-refractivity contribution in [2.75, 3.05) is 24.2 Å². The Bertz CT molecular complexity index is 986. The van der Waals surface area contributed by atoms with E-state index in [-0.39, 0.29) is 12.1 Å². The van der Waals surface area contributed by atoms with Crippen molar-refractivity contribution in [1.82, 2.24) is 9.88 Å². The summed E-state index contributed by atoms with van der Waals surface area (Å²) in [6.45, 7) is 9.28. The summed E-state index contributed by atoms with van der Waals surface area (Å²) in [6.07, 6.45) is 5.93. The molecule has 7 nitrogen and oxygen atoms in total. The van der Waals surface area contributed by atoms with Gasteiger partial charge in [-0.25, -0.2) is 9.78 Å². The maximum absolute atomic E-state index is 13.3. The summed E-state index contributed by atoms with van der Waals surface area (Å²) < 4.78 is 6.83. The van der Waals surface area contributed by atoms with E-state index < -0.39 is 11.4 Å². The summed E-state index contributed by atoms with van der Waals surface area (Å²) in [5, 5.41) is 12.8. The molecule has 1 fully saturated rings. The van der Waals surface area contributed by atoms with E-state index in [0.717, 1.165) is 35.5 Å². The number of rotatable bonds is 11. The first-order chi connectivity index (χ1) is 16.7. The van der Waals surface area contributed by atoms with Crippen molar-refractivity contribution < 1.29 is 19.4 Å². The molecule has 1 aliphatic rings. The molecule has 1 aliphatic carbocycles. The number of urea groups is 1. The second-order valence-corrected chi connectivity index (χ2v) is 12.3. The Morgan fingerprint density at radius 1 is 1.26 bits per heavy atom. The van der Waals surface area contributed by atoms with Crippen molar-refractivity contribution in [2.24, 2.45) is 11.3 Å². The molecule has 0 unspecified atom stereocenters. The zero-order valence-electron chi connectivity index (χ0n) is 21.1. The Labute approximate surface area is 216 Å². The van der Waals surface area contributed by atoms with E-state index in [1.807, 2.05) is 17.0 Å². The highest BCUT2D eigenvalue weighted by Crippen LogP contribution is 2.34. The SMILES string of the molecule is Cc1ccccc1COCCN(C(=O)Nc1ncc(SCC(C)(C)C(=O)O)s1)[C@H]1CC[C@H](C)CC1. The van der Waals surface area contributed by atoms with Crippen LogP contribution in [0.5, 0.6) is 0 Å². The Balaban J connectivity index is 1.57. The topological polar surface area (TPSA) is 91.8 Å². The Morgan fingerprint density at radius 3 is 2.66 bits per heavy atom. The van der Waals surface area contributed by atoms with Gasteiger partial charge in [0, 0.05) is 18.3 Å². The molecule has 2 amide bonds. The molecule has 0 bridgehead atoms. The molecule has 1 heterocycles. The van der Waals surface area contributed by atoms with Gasteiger partial charge in [-0.05, 0) is 63.5 Å². The number of ether oxygens (including phenoxy) is 1. The van der Waals surface area contributed by atoms with Crippen LogP contribution in [0, 0.1) is 18.3 Å². The monoisotopic (exact) mass is 519 g/mol. The largest absolute Gasteiger partial charge is 0.481 e. The standard InChI is InChI=1S/C26H37N3O4S2/c1-18-9-11-21(12-10-18)29(13-14-33-16-20-8-6-5-7-19(20)2)25(32)28-24-27-15-22(35-24)34-17-26(3,4)23(30)31/h5-8,15,18,21H,9-14,16-17H2,1-4H3,(H,30,31)(H,27,28,32)/t18-,21-.